The van der Waals surface area contributed by atoms with Gasteiger partial charge in [-0.1, -0.05) is 25.1 Å². The first-order valence-electron chi connectivity index (χ1n) is 5.19. The molecule has 0 aliphatic heterocycles. The van der Waals surface area contributed by atoms with E-state index in [0.717, 1.165) is 5.56 Å². The molecule has 0 heterocycles. The van der Waals surface area contributed by atoms with Gasteiger partial charge in [0.2, 0.25) is 0 Å². The van der Waals surface area contributed by atoms with Gasteiger partial charge >= 0.3 is 5.97 Å². The normalized spacial score (nSPS) is 14.1. The molecular weight excluding hydrogens is 204 g/mol. The number of carboxylic acid groups (broad SMARTS) is 1. The Bertz CT molecular complexity index is 385. The molecule has 16 heavy (non-hydrogen) atoms. The van der Waals surface area contributed by atoms with Crippen LogP contribution in [0.1, 0.15) is 24.8 Å². The highest BCUT2D eigenvalue weighted by Crippen LogP contribution is 2.30. The molecule has 2 N–H and O–H groups in total. The number of rotatable bonds is 5. The van der Waals surface area contributed by atoms with Crippen LogP contribution < -0.4 is 0 Å². The van der Waals surface area contributed by atoms with Gasteiger partial charge in [-0.15, -0.1) is 6.58 Å². The maximum absolute atomic E-state index is 11.0. The van der Waals surface area contributed by atoms with Crippen LogP contribution in [0.2, 0.25) is 0 Å². The molecule has 3 heteroatoms. The summed E-state index contributed by atoms with van der Waals surface area (Å²) in [6, 6.07) is 6.72. The van der Waals surface area contributed by atoms with Crippen molar-refractivity contribution >= 4 is 5.97 Å². The maximum Gasteiger partial charge on any atom is 0.306 e. The lowest BCUT2D eigenvalue weighted by molar-refractivity contribution is -0.141. The minimum atomic E-state index is -0.838. The first kappa shape index (κ1) is 12.3. The van der Waals surface area contributed by atoms with Crippen molar-refractivity contribution < 1.29 is 15.0 Å². The molecule has 0 amide bonds. The van der Waals surface area contributed by atoms with Crippen LogP contribution in [-0.4, -0.2) is 16.2 Å². The molecule has 0 aliphatic carbocycles. The molecule has 0 aliphatic rings. The number of hydrogen-bond donors (Lipinski definition) is 2. The Kier molecular flexibility index (Phi) is 4.11. The van der Waals surface area contributed by atoms with Crippen molar-refractivity contribution in [2.45, 2.75) is 19.3 Å². The highest BCUT2D eigenvalue weighted by atomic mass is 16.4. The zero-order valence-corrected chi connectivity index (χ0v) is 9.26. The number of phenols is 1. The minimum absolute atomic E-state index is 0.151. The molecule has 1 aromatic rings. The lowest BCUT2D eigenvalue weighted by Gasteiger charge is -2.20. The van der Waals surface area contributed by atoms with E-state index in [1.54, 1.807) is 31.2 Å². The Labute approximate surface area is 95.0 Å². The maximum atomic E-state index is 11.0. The molecule has 0 spiro atoms. The summed E-state index contributed by atoms with van der Waals surface area (Å²) in [7, 11) is 0. The molecule has 0 saturated carbocycles. The van der Waals surface area contributed by atoms with E-state index in [-0.39, 0.29) is 11.7 Å². The Morgan fingerprint density at radius 3 is 2.75 bits per heavy atom. The summed E-state index contributed by atoms with van der Waals surface area (Å²) in [6.45, 7) is 5.30. The molecule has 3 nitrogen and oxygen atoms in total. The number of aliphatic carboxylic acids is 1. The van der Waals surface area contributed by atoms with Gasteiger partial charge in [-0.3, -0.25) is 4.79 Å². The quantitative estimate of drug-likeness (QED) is 0.750. The molecule has 86 valence electrons. The second-order valence-corrected chi connectivity index (χ2v) is 3.85. The first-order valence-corrected chi connectivity index (χ1v) is 5.19. The SMILES string of the molecule is C=CC[C@@H](c1cccc(O)c1)C(C)C(=O)O. The fourth-order valence-corrected chi connectivity index (χ4v) is 1.74. The van der Waals surface area contributed by atoms with Crippen molar-refractivity contribution in [1.29, 1.82) is 0 Å². The highest BCUT2D eigenvalue weighted by molar-refractivity contribution is 5.71. The van der Waals surface area contributed by atoms with Crippen LogP contribution in [0.25, 0.3) is 0 Å². The van der Waals surface area contributed by atoms with E-state index in [1.165, 1.54) is 0 Å². The summed E-state index contributed by atoms with van der Waals surface area (Å²) in [5, 5.41) is 18.4. The van der Waals surface area contributed by atoms with Gasteiger partial charge in [0.1, 0.15) is 5.75 Å². The Morgan fingerprint density at radius 2 is 2.25 bits per heavy atom. The van der Waals surface area contributed by atoms with E-state index >= 15 is 0 Å². The van der Waals surface area contributed by atoms with Crippen molar-refractivity contribution in [1.82, 2.24) is 0 Å². The number of aromatic hydroxyl groups is 1. The second kappa shape index (κ2) is 5.35. The summed E-state index contributed by atoms with van der Waals surface area (Å²) >= 11 is 0. The second-order valence-electron chi connectivity index (χ2n) is 3.85. The summed E-state index contributed by atoms with van der Waals surface area (Å²) < 4.78 is 0. The van der Waals surface area contributed by atoms with Gasteiger partial charge in [0.15, 0.2) is 0 Å². The van der Waals surface area contributed by atoms with E-state index < -0.39 is 11.9 Å². The predicted octanol–water partition coefficient (Wildman–Crippen LogP) is 2.77. The Balaban J connectivity index is 3.01. The average Bonchev–Trinajstić information content (AvgIpc) is 2.24. The van der Waals surface area contributed by atoms with Gasteiger partial charge < -0.3 is 10.2 Å². The van der Waals surface area contributed by atoms with Crippen molar-refractivity contribution in [3.8, 4) is 5.75 Å². The highest BCUT2D eigenvalue weighted by Gasteiger charge is 2.24. The Hall–Kier alpha value is -1.77. The van der Waals surface area contributed by atoms with Crippen LogP contribution >= 0.6 is 0 Å². The fourth-order valence-electron chi connectivity index (χ4n) is 1.74. The van der Waals surface area contributed by atoms with Gasteiger partial charge in [-0.2, -0.15) is 0 Å². The summed E-state index contributed by atoms with van der Waals surface area (Å²) in [5.41, 5.74) is 0.829. The first-order chi connectivity index (χ1) is 7.56. The monoisotopic (exact) mass is 220 g/mol. The Morgan fingerprint density at radius 1 is 1.56 bits per heavy atom. The number of carboxylic acids is 1. The predicted molar refractivity (Wildman–Crippen MR) is 62.5 cm³/mol. The van der Waals surface area contributed by atoms with Crippen molar-refractivity contribution in [3.05, 3.63) is 42.5 Å². The van der Waals surface area contributed by atoms with Crippen molar-refractivity contribution in [2.75, 3.05) is 0 Å². The van der Waals surface area contributed by atoms with Crippen LogP contribution in [0.15, 0.2) is 36.9 Å². The van der Waals surface area contributed by atoms with E-state index in [0.29, 0.717) is 6.42 Å². The van der Waals surface area contributed by atoms with Gasteiger partial charge in [-0.05, 0) is 24.1 Å². The molecular formula is C13H16O3. The van der Waals surface area contributed by atoms with E-state index in [9.17, 15) is 9.90 Å². The molecule has 0 saturated heterocycles. The standard InChI is InChI=1S/C13H16O3/c1-3-5-12(9(2)13(15)16)10-6-4-7-11(14)8-10/h3-4,6-9,12,14H,1,5H2,2H3,(H,15,16)/t9?,12-/m1/s1. The summed E-state index contributed by atoms with van der Waals surface area (Å²) in [5.74, 6) is -1.33. The lowest BCUT2D eigenvalue weighted by Crippen LogP contribution is -2.18. The third-order valence-electron chi connectivity index (χ3n) is 2.71. The van der Waals surface area contributed by atoms with E-state index in [1.807, 2.05) is 6.07 Å². The topological polar surface area (TPSA) is 57.5 Å². The molecule has 2 atom stereocenters. The minimum Gasteiger partial charge on any atom is -0.508 e. The third kappa shape index (κ3) is 2.86. The molecule has 1 rings (SSSR count). The number of phenolic OH excluding ortho intramolecular Hbond substituents is 1. The van der Waals surface area contributed by atoms with Gasteiger partial charge in [0.05, 0.1) is 5.92 Å². The van der Waals surface area contributed by atoms with Crippen LogP contribution in [-0.2, 0) is 4.79 Å². The van der Waals surface area contributed by atoms with Gasteiger partial charge in [-0.25, -0.2) is 0 Å². The lowest BCUT2D eigenvalue weighted by atomic mass is 9.84. The third-order valence-corrected chi connectivity index (χ3v) is 2.71. The molecule has 1 aromatic carbocycles. The number of carbonyl (C=O) groups is 1. The van der Waals surface area contributed by atoms with Crippen molar-refractivity contribution in [2.24, 2.45) is 5.92 Å². The zero-order chi connectivity index (χ0) is 12.1. The zero-order valence-electron chi connectivity index (χ0n) is 9.26. The van der Waals surface area contributed by atoms with E-state index in [4.69, 9.17) is 5.11 Å². The van der Waals surface area contributed by atoms with Crippen LogP contribution in [0, 0.1) is 5.92 Å². The van der Waals surface area contributed by atoms with Crippen LogP contribution in [0.3, 0.4) is 0 Å². The summed E-state index contributed by atoms with van der Waals surface area (Å²) in [4.78, 5) is 11.0. The van der Waals surface area contributed by atoms with Gasteiger partial charge in [0.25, 0.3) is 0 Å². The number of hydrogen-bond acceptors (Lipinski definition) is 2. The van der Waals surface area contributed by atoms with E-state index in [2.05, 4.69) is 6.58 Å². The number of allylic oxidation sites excluding steroid dienone is 1. The van der Waals surface area contributed by atoms with Crippen LogP contribution in [0.5, 0.6) is 5.75 Å². The fraction of sp³-hybridized carbons (Fsp3) is 0.308. The molecule has 0 bridgehead atoms. The molecule has 0 radical (unpaired) electrons. The van der Waals surface area contributed by atoms with Gasteiger partial charge in [0, 0.05) is 5.92 Å². The smallest absolute Gasteiger partial charge is 0.306 e. The van der Waals surface area contributed by atoms with Crippen LogP contribution in [0.4, 0.5) is 0 Å². The molecule has 0 aromatic heterocycles. The largest absolute Gasteiger partial charge is 0.508 e. The summed E-state index contributed by atoms with van der Waals surface area (Å²) in [6.07, 6.45) is 2.28. The molecule has 1 unspecified atom stereocenters. The average molecular weight is 220 g/mol. The van der Waals surface area contributed by atoms with Crippen molar-refractivity contribution in [3.63, 3.8) is 0 Å². The molecule has 0 fully saturated rings. The number of benzene rings is 1.